The lowest BCUT2D eigenvalue weighted by atomic mass is 9.83. The third kappa shape index (κ3) is 5.57. The van der Waals surface area contributed by atoms with E-state index >= 15 is 0 Å². The molecule has 1 heterocycles. The van der Waals surface area contributed by atoms with E-state index in [2.05, 4.69) is 0 Å². The number of benzene rings is 3. The highest BCUT2D eigenvalue weighted by Crippen LogP contribution is 2.41. The molecule has 0 bridgehead atoms. The summed E-state index contributed by atoms with van der Waals surface area (Å²) in [5, 5.41) is 11.2. The molecule has 5 rings (SSSR count). The smallest absolute Gasteiger partial charge is 0.338 e. The van der Waals surface area contributed by atoms with Gasteiger partial charge in [-0.1, -0.05) is 66.7 Å². The first kappa shape index (κ1) is 25.1. The van der Waals surface area contributed by atoms with E-state index in [0.717, 1.165) is 5.56 Å². The van der Waals surface area contributed by atoms with E-state index in [1.54, 1.807) is 60.7 Å². The van der Waals surface area contributed by atoms with Crippen molar-refractivity contribution in [3.63, 3.8) is 0 Å². The zero-order valence-electron chi connectivity index (χ0n) is 20.1. The van der Waals surface area contributed by atoms with Crippen LogP contribution in [0.2, 0.25) is 0 Å². The second-order valence-electron chi connectivity index (χ2n) is 8.97. The highest BCUT2D eigenvalue weighted by atomic mass is 16.8. The van der Waals surface area contributed by atoms with Crippen molar-refractivity contribution in [1.29, 1.82) is 0 Å². The van der Waals surface area contributed by atoms with Crippen LogP contribution in [0.3, 0.4) is 0 Å². The lowest BCUT2D eigenvalue weighted by Gasteiger charge is -2.47. The summed E-state index contributed by atoms with van der Waals surface area (Å²) >= 11 is 0. The lowest BCUT2D eigenvalue weighted by Crippen LogP contribution is -2.66. The zero-order valence-corrected chi connectivity index (χ0v) is 20.1. The summed E-state index contributed by atoms with van der Waals surface area (Å²) in [6.45, 7) is 0.623. The van der Waals surface area contributed by atoms with Crippen LogP contribution in [-0.2, 0) is 30.3 Å². The van der Waals surface area contributed by atoms with Gasteiger partial charge in [-0.25, -0.2) is 9.59 Å². The van der Waals surface area contributed by atoms with Crippen molar-refractivity contribution in [2.75, 3.05) is 13.2 Å². The highest BCUT2D eigenvalue weighted by molar-refractivity contribution is 5.90. The predicted molar refractivity (Wildman–Crippen MR) is 132 cm³/mol. The molecular formula is C29H28O8. The fourth-order valence-electron chi connectivity index (χ4n) is 4.70. The summed E-state index contributed by atoms with van der Waals surface area (Å²) in [6, 6.07) is 26.3. The van der Waals surface area contributed by atoms with Crippen LogP contribution in [0.4, 0.5) is 0 Å². The molecule has 8 heteroatoms. The molecule has 1 aliphatic carbocycles. The number of aliphatic hydroxyl groups is 1. The van der Waals surface area contributed by atoms with Gasteiger partial charge in [0, 0.05) is 6.42 Å². The Morgan fingerprint density at radius 3 is 1.84 bits per heavy atom. The summed E-state index contributed by atoms with van der Waals surface area (Å²) in [4.78, 5) is 26.3. The summed E-state index contributed by atoms with van der Waals surface area (Å²) in [5.41, 5.74) is 1.49. The Balaban J connectivity index is 1.48. The number of ether oxygens (including phenoxy) is 5. The molecule has 1 saturated carbocycles. The fraction of sp³-hybridized carbons (Fsp3) is 0.310. The first-order valence-corrected chi connectivity index (χ1v) is 12.2. The van der Waals surface area contributed by atoms with E-state index in [4.69, 9.17) is 23.7 Å². The van der Waals surface area contributed by atoms with Crippen LogP contribution in [0.25, 0.3) is 0 Å². The molecule has 0 radical (unpaired) electrons. The first-order chi connectivity index (χ1) is 18.1. The van der Waals surface area contributed by atoms with Crippen molar-refractivity contribution in [1.82, 2.24) is 0 Å². The summed E-state index contributed by atoms with van der Waals surface area (Å²) in [6.07, 6.45) is -4.58. The molecule has 1 N–H and O–H groups in total. The van der Waals surface area contributed by atoms with Gasteiger partial charge < -0.3 is 28.8 Å². The van der Waals surface area contributed by atoms with Gasteiger partial charge >= 0.3 is 11.9 Å². The van der Waals surface area contributed by atoms with Gasteiger partial charge in [0.15, 0.2) is 12.2 Å². The Kier molecular flexibility index (Phi) is 7.62. The van der Waals surface area contributed by atoms with Crippen LogP contribution >= 0.6 is 0 Å². The molecule has 37 heavy (non-hydrogen) atoms. The minimum atomic E-state index is -1.49. The molecule has 1 aliphatic heterocycles. The Labute approximate surface area is 214 Å². The van der Waals surface area contributed by atoms with Gasteiger partial charge in [0.1, 0.15) is 6.10 Å². The number of rotatable bonds is 7. The largest absolute Gasteiger partial charge is 0.452 e. The van der Waals surface area contributed by atoms with Crippen molar-refractivity contribution < 1.29 is 38.4 Å². The second-order valence-corrected chi connectivity index (χ2v) is 8.97. The van der Waals surface area contributed by atoms with Crippen LogP contribution in [-0.4, -0.2) is 60.5 Å². The number of carbonyl (C=O) groups is 2. The molecule has 3 aromatic carbocycles. The molecule has 2 aliphatic rings. The fourth-order valence-corrected chi connectivity index (χ4v) is 4.70. The average Bonchev–Trinajstić information content (AvgIpc) is 3.40. The zero-order chi connectivity index (χ0) is 25.7. The summed E-state index contributed by atoms with van der Waals surface area (Å²) < 4.78 is 29.8. The Bertz CT molecular complexity index is 1180. The average molecular weight is 505 g/mol. The topological polar surface area (TPSA) is 101 Å². The number of aliphatic hydroxyl groups excluding tert-OH is 1. The SMILES string of the molecule is O=C(O[C@@H]1[C@@H](OCc2ccccc2)[C@@H](O)CC2(OCCO2)[C@H]1OC(=O)c1ccccc1)c1ccccc1. The predicted octanol–water partition coefficient (Wildman–Crippen LogP) is 3.53. The molecule has 0 unspecified atom stereocenters. The van der Waals surface area contributed by atoms with Gasteiger partial charge in [-0.3, -0.25) is 0 Å². The van der Waals surface area contributed by atoms with Crippen LogP contribution in [0.5, 0.6) is 0 Å². The van der Waals surface area contributed by atoms with E-state index in [1.807, 2.05) is 30.3 Å². The molecule has 2 fully saturated rings. The van der Waals surface area contributed by atoms with Crippen molar-refractivity contribution in [2.45, 2.75) is 43.2 Å². The maximum absolute atomic E-state index is 13.2. The normalized spacial score (nSPS) is 24.5. The van der Waals surface area contributed by atoms with E-state index in [-0.39, 0.29) is 26.2 Å². The third-order valence-electron chi connectivity index (χ3n) is 6.49. The van der Waals surface area contributed by atoms with Crippen LogP contribution in [0.1, 0.15) is 32.7 Å². The number of carbonyl (C=O) groups excluding carboxylic acids is 2. The molecule has 0 aromatic heterocycles. The standard InChI is InChI=1S/C29H28O8/c30-23-18-29(34-16-17-35-29)26(37-28(32)22-14-8-3-9-15-22)25(36-27(31)21-12-6-2-7-13-21)24(23)33-19-20-10-4-1-5-11-20/h1-15,23-26,30H,16-19H2/t23-,24-,25+,26-/m0/s1. The minimum absolute atomic E-state index is 0.0292. The van der Waals surface area contributed by atoms with E-state index < -0.39 is 42.1 Å². The maximum Gasteiger partial charge on any atom is 0.338 e. The van der Waals surface area contributed by atoms with Crippen LogP contribution in [0.15, 0.2) is 91.0 Å². The van der Waals surface area contributed by atoms with Crippen molar-refractivity contribution in [3.05, 3.63) is 108 Å². The van der Waals surface area contributed by atoms with Crippen molar-refractivity contribution in [3.8, 4) is 0 Å². The van der Waals surface area contributed by atoms with Gasteiger partial charge in [-0.15, -0.1) is 0 Å². The van der Waals surface area contributed by atoms with Gasteiger partial charge in [0.2, 0.25) is 5.79 Å². The van der Waals surface area contributed by atoms with E-state index in [1.165, 1.54) is 0 Å². The molecular weight excluding hydrogens is 476 g/mol. The maximum atomic E-state index is 13.2. The molecule has 3 aromatic rings. The van der Waals surface area contributed by atoms with Gasteiger partial charge in [-0.2, -0.15) is 0 Å². The summed E-state index contributed by atoms with van der Waals surface area (Å²) in [7, 11) is 0. The molecule has 0 amide bonds. The molecule has 4 atom stereocenters. The summed E-state index contributed by atoms with van der Waals surface area (Å²) in [5.74, 6) is -2.78. The van der Waals surface area contributed by atoms with Crippen LogP contribution < -0.4 is 0 Å². The minimum Gasteiger partial charge on any atom is -0.452 e. The van der Waals surface area contributed by atoms with Gasteiger partial charge in [-0.05, 0) is 29.8 Å². The monoisotopic (exact) mass is 504 g/mol. The van der Waals surface area contributed by atoms with E-state index in [0.29, 0.717) is 11.1 Å². The Morgan fingerprint density at radius 2 is 1.27 bits per heavy atom. The molecule has 8 nitrogen and oxygen atoms in total. The number of hydrogen-bond acceptors (Lipinski definition) is 8. The van der Waals surface area contributed by atoms with Gasteiger partial charge in [0.05, 0.1) is 37.1 Å². The number of esters is 2. The molecule has 1 saturated heterocycles. The van der Waals surface area contributed by atoms with Gasteiger partial charge in [0.25, 0.3) is 0 Å². The van der Waals surface area contributed by atoms with Crippen molar-refractivity contribution >= 4 is 11.9 Å². The lowest BCUT2D eigenvalue weighted by molar-refractivity contribution is -0.300. The first-order valence-electron chi connectivity index (χ1n) is 12.2. The Morgan fingerprint density at radius 1 is 0.757 bits per heavy atom. The molecule has 192 valence electrons. The molecule has 1 spiro atoms. The Hall–Kier alpha value is -3.56. The quantitative estimate of drug-likeness (QED) is 0.488. The number of hydrogen-bond donors (Lipinski definition) is 1. The highest BCUT2D eigenvalue weighted by Gasteiger charge is 2.61. The second kappa shape index (κ2) is 11.2. The van der Waals surface area contributed by atoms with Crippen molar-refractivity contribution in [2.24, 2.45) is 0 Å². The third-order valence-corrected chi connectivity index (χ3v) is 6.49. The van der Waals surface area contributed by atoms with E-state index in [9.17, 15) is 14.7 Å². The van der Waals surface area contributed by atoms with Crippen LogP contribution in [0, 0.1) is 0 Å².